The molecule has 0 radical (unpaired) electrons. The highest BCUT2D eigenvalue weighted by Gasteiger charge is 2.24. The van der Waals surface area contributed by atoms with Crippen LogP contribution in [0.3, 0.4) is 0 Å². The average Bonchev–Trinajstić information content (AvgIpc) is 2.30. The Kier molecular flexibility index (Phi) is 5.22. The third kappa shape index (κ3) is 4.54. The lowest BCUT2D eigenvalue weighted by Gasteiger charge is -2.36. The van der Waals surface area contributed by atoms with E-state index in [0.29, 0.717) is 12.2 Å². The highest BCUT2D eigenvalue weighted by molar-refractivity contribution is 4.77. The Balaban J connectivity index is 1.72. The van der Waals surface area contributed by atoms with E-state index in [4.69, 9.17) is 9.47 Å². The predicted molar refractivity (Wildman–Crippen MR) is 68.3 cm³/mol. The molecule has 2 saturated heterocycles. The third-order valence-electron chi connectivity index (χ3n) is 3.53. The van der Waals surface area contributed by atoms with Crippen molar-refractivity contribution in [3.8, 4) is 0 Å². The van der Waals surface area contributed by atoms with Crippen LogP contribution in [0.5, 0.6) is 0 Å². The minimum atomic E-state index is 0.363. The van der Waals surface area contributed by atoms with Gasteiger partial charge in [-0.25, -0.2) is 0 Å². The Hall–Kier alpha value is -0.160. The van der Waals surface area contributed by atoms with E-state index >= 15 is 0 Å². The quantitative estimate of drug-likeness (QED) is 0.728. The number of rotatable bonds is 4. The van der Waals surface area contributed by atoms with E-state index in [2.05, 4.69) is 23.9 Å². The lowest BCUT2D eigenvalue weighted by Crippen LogP contribution is -2.49. The zero-order chi connectivity index (χ0) is 12.1. The number of hydrogen-bond acceptors (Lipinski definition) is 4. The fourth-order valence-corrected chi connectivity index (χ4v) is 2.70. The van der Waals surface area contributed by atoms with Gasteiger partial charge in [0.05, 0.1) is 18.8 Å². The SMILES string of the molecule is CN(C)C[C@H]1CN(C[C@@H]2CCCCO2)CCO1. The summed E-state index contributed by atoms with van der Waals surface area (Å²) in [6.07, 6.45) is 4.62. The van der Waals surface area contributed by atoms with Gasteiger partial charge in [0.15, 0.2) is 0 Å². The molecule has 0 aromatic carbocycles. The molecule has 0 aromatic rings. The molecule has 2 heterocycles. The van der Waals surface area contributed by atoms with Gasteiger partial charge >= 0.3 is 0 Å². The molecule has 2 fully saturated rings. The molecule has 0 unspecified atom stereocenters. The highest BCUT2D eigenvalue weighted by Crippen LogP contribution is 2.15. The van der Waals surface area contributed by atoms with Crippen molar-refractivity contribution in [1.82, 2.24) is 9.80 Å². The molecule has 17 heavy (non-hydrogen) atoms. The second-order valence-electron chi connectivity index (χ2n) is 5.50. The van der Waals surface area contributed by atoms with Gasteiger partial charge in [0.1, 0.15) is 0 Å². The Morgan fingerprint density at radius 2 is 1.94 bits per heavy atom. The van der Waals surface area contributed by atoms with Crippen molar-refractivity contribution in [1.29, 1.82) is 0 Å². The maximum atomic E-state index is 5.80. The van der Waals surface area contributed by atoms with Crippen LogP contribution in [0.25, 0.3) is 0 Å². The van der Waals surface area contributed by atoms with Crippen molar-refractivity contribution in [2.24, 2.45) is 0 Å². The smallest absolute Gasteiger partial charge is 0.0829 e. The number of ether oxygens (including phenoxy) is 2. The molecule has 0 saturated carbocycles. The molecule has 2 aliphatic rings. The molecule has 2 aliphatic heterocycles. The summed E-state index contributed by atoms with van der Waals surface area (Å²) in [6.45, 7) is 6.04. The maximum absolute atomic E-state index is 5.80. The van der Waals surface area contributed by atoms with Crippen LogP contribution in [0.2, 0.25) is 0 Å². The molecule has 2 atom stereocenters. The van der Waals surface area contributed by atoms with E-state index in [1.54, 1.807) is 0 Å². The van der Waals surface area contributed by atoms with Crippen LogP contribution in [-0.4, -0.2) is 75.5 Å². The van der Waals surface area contributed by atoms with Crippen LogP contribution in [0, 0.1) is 0 Å². The molecule has 0 bridgehead atoms. The molecule has 0 spiro atoms. The molecular weight excluding hydrogens is 216 g/mol. The molecule has 0 amide bonds. The zero-order valence-electron chi connectivity index (χ0n) is 11.2. The van der Waals surface area contributed by atoms with Crippen LogP contribution >= 0.6 is 0 Å². The van der Waals surface area contributed by atoms with E-state index in [0.717, 1.165) is 39.4 Å². The lowest BCUT2D eigenvalue weighted by molar-refractivity contribution is -0.0650. The minimum absolute atomic E-state index is 0.363. The van der Waals surface area contributed by atoms with Gasteiger partial charge in [0.25, 0.3) is 0 Å². The van der Waals surface area contributed by atoms with E-state index in [1.807, 2.05) is 0 Å². The lowest BCUT2D eigenvalue weighted by atomic mass is 10.1. The second kappa shape index (κ2) is 6.69. The first-order valence-corrected chi connectivity index (χ1v) is 6.84. The van der Waals surface area contributed by atoms with Gasteiger partial charge in [-0.1, -0.05) is 0 Å². The standard InChI is InChI=1S/C13H26N2O2/c1-14(2)9-13-11-15(6-8-17-13)10-12-5-3-4-7-16-12/h12-13H,3-11H2,1-2H3/t12-,13-/m0/s1. The van der Waals surface area contributed by atoms with Gasteiger partial charge in [0, 0.05) is 32.8 Å². The van der Waals surface area contributed by atoms with Crippen molar-refractivity contribution >= 4 is 0 Å². The van der Waals surface area contributed by atoms with E-state index in [9.17, 15) is 0 Å². The van der Waals surface area contributed by atoms with Gasteiger partial charge in [0.2, 0.25) is 0 Å². The number of morpholine rings is 1. The first kappa shape index (κ1) is 13.3. The van der Waals surface area contributed by atoms with E-state index < -0.39 is 0 Å². The predicted octanol–water partition coefficient (Wildman–Crippen LogP) is 0.818. The summed E-state index contributed by atoms with van der Waals surface area (Å²) in [7, 11) is 4.21. The largest absolute Gasteiger partial charge is 0.377 e. The summed E-state index contributed by atoms with van der Waals surface area (Å²) in [4.78, 5) is 4.71. The molecular formula is C13H26N2O2. The van der Waals surface area contributed by atoms with Crippen molar-refractivity contribution in [2.45, 2.75) is 31.5 Å². The van der Waals surface area contributed by atoms with Crippen molar-refractivity contribution in [3.63, 3.8) is 0 Å². The minimum Gasteiger partial charge on any atom is -0.377 e. The highest BCUT2D eigenvalue weighted by atomic mass is 16.5. The first-order valence-electron chi connectivity index (χ1n) is 6.84. The molecule has 100 valence electrons. The molecule has 4 heteroatoms. The van der Waals surface area contributed by atoms with Crippen LogP contribution in [-0.2, 0) is 9.47 Å². The van der Waals surface area contributed by atoms with Gasteiger partial charge in [-0.05, 0) is 33.4 Å². The Morgan fingerprint density at radius 3 is 2.65 bits per heavy atom. The summed E-state index contributed by atoms with van der Waals surface area (Å²) in [6, 6.07) is 0. The first-order chi connectivity index (χ1) is 8.24. The molecule has 4 nitrogen and oxygen atoms in total. The zero-order valence-corrected chi connectivity index (χ0v) is 11.2. The Morgan fingerprint density at radius 1 is 1.12 bits per heavy atom. The fraction of sp³-hybridized carbons (Fsp3) is 1.00. The number of nitrogens with zero attached hydrogens (tertiary/aromatic N) is 2. The second-order valence-corrected chi connectivity index (χ2v) is 5.50. The van der Waals surface area contributed by atoms with E-state index in [1.165, 1.54) is 19.3 Å². The summed E-state index contributed by atoms with van der Waals surface area (Å²) < 4.78 is 11.6. The maximum Gasteiger partial charge on any atom is 0.0829 e. The summed E-state index contributed by atoms with van der Waals surface area (Å²) in [5.74, 6) is 0. The van der Waals surface area contributed by atoms with Gasteiger partial charge < -0.3 is 14.4 Å². The fourth-order valence-electron chi connectivity index (χ4n) is 2.70. The Labute approximate surface area is 105 Å². The topological polar surface area (TPSA) is 24.9 Å². The van der Waals surface area contributed by atoms with Crippen LogP contribution in [0.1, 0.15) is 19.3 Å². The summed E-state index contributed by atoms with van der Waals surface area (Å²) in [5, 5.41) is 0. The average molecular weight is 242 g/mol. The third-order valence-corrected chi connectivity index (χ3v) is 3.53. The van der Waals surface area contributed by atoms with E-state index in [-0.39, 0.29) is 0 Å². The van der Waals surface area contributed by atoms with Gasteiger partial charge in [-0.15, -0.1) is 0 Å². The molecule has 0 aliphatic carbocycles. The van der Waals surface area contributed by atoms with Gasteiger partial charge in [-0.2, -0.15) is 0 Å². The van der Waals surface area contributed by atoms with Crippen LogP contribution in [0.15, 0.2) is 0 Å². The van der Waals surface area contributed by atoms with Crippen molar-refractivity contribution in [2.75, 3.05) is 53.5 Å². The van der Waals surface area contributed by atoms with Gasteiger partial charge in [-0.3, -0.25) is 4.90 Å². The summed E-state index contributed by atoms with van der Waals surface area (Å²) in [5.41, 5.74) is 0. The van der Waals surface area contributed by atoms with Crippen LogP contribution < -0.4 is 0 Å². The number of likely N-dealkylation sites (N-methyl/N-ethyl adjacent to an activating group) is 1. The normalized spacial score (nSPS) is 31.9. The van der Waals surface area contributed by atoms with Crippen molar-refractivity contribution in [3.05, 3.63) is 0 Å². The molecule has 2 rings (SSSR count). The van der Waals surface area contributed by atoms with Crippen molar-refractivity contribution < 1.29 is 9.47 Å². The molecule has 0 aromatic heterocycles. The monoisotopic (exact) mass is 242 g/mol. The number of hydrogen-bond donors (Lipinski definition) is 0. The van der Waals surface area contributed by atoms with Crippen LogP contribution in [0.4, 0.5) is 0 Å². The molecule has 0 N–H and O–H groups in total. The summed E-state index contributed by atoms with van der Waals surface area (Å²) >= 11 is 0. The Bertz CT molecular complexity index is 217.